The van der Waals surface area contributed by atoms with Crippen LogP contribution in [0, 0.1) is 0 Å². The molecule has 1 atom stereocenters. The van der Waals surface area contributed by atoms with Gasteiger partial charge >= 0.3 is 0 Å². The maximum atomic E-state index is 11.9. The fraction of sp³-hybridized carbons (Fsp3) is 0.250. The van der Waals surface area contributed by atoms with Crippen LogP contribution in [0.25, 0.3) is 0 Å². The highest BCUT2D eigenvalue weighted by Crippen LogP contribution is 2.39. The number of carbonyl (C=O) groups is 1. The lowest BCUT2D eigenvalue weighted by molar-refractivity contribution is -0.121. The Kier molecular flexibility index (Phi) is 3.56. The molecule has 0 spiro atoms. The number of hydrogen-bond donors (Lipinski definition) is 1. The van der Waals surface area contributed by atoms with Crippen molar-refractivity contribution in [3.63, 3.8) is 0 Å². The molecule has 16 heavy (non-hydrogen) atoms. The topological polar surface area (TPSA) is 29.1 Å². The van der Waals surface area contributed by atoms with E-state index in [1.165, 1.54) is 4.90 Å². The van der Waals surface area contributed by atoms with Gasteiger partial charge in [0.1, 0.15) is 0 Å². The third kappa shape index (κ3) is 2.42. The summed E-state index contributed by atoms with van der Waals surface area (Å²) in [5.74, 6) is 0.774. The molecule has 1 heterocycles. The third-order valence-electron chi connectivity index (χ3n) is 2.47. The summed E-state index contributed by atoms with van der Waals surface area (Å²) in [5.41, 5.74) is 1.12. The first-order valence-corrected chi connectivity index (χ1v) is 6.37. The molecular weight excluding hydrogens is 242 g/mol. The van der Waals surface area contributed by atoms with Crippen LogP contribution in [0.15, 0.2) is 40.8 Å². The molecule has 2 rings (SSSR count). The third-order valence-corrected chi connectivity index (χ3v) is 3.79. The number of rotatable bonds is 3. The fourth-order valence-electron chi connectivity index (χ4n) is 1.69. The second-order valence-corrected chi connectivity index (χ2v) is 5.23. The lowest BCUT2D eigenvalue weighted by atomic mass is 10.0. The molecule has 1 N–H and O–H groups in total. The largest absolute Gasteiger partial charge is 0.351 e. The van der Waals surface area contributed by atoms with Gasteiger partial charge in [0.05, 0.1) is 12.5 Å². The predicted octanol–water partition coefficient (Wildman–Crippen LogP) is 2.74. The molecule has 0 aromatic heterocycles. The van der Waals surface area contributed by atoms with E-state index in [1.54, 1.807) is 11.8 Å². The van der Waals surface area contributed by atoms with Gasteiger partial charge in [-0.3, -0.25) is 4.79 Å². The highest BCUT2D eigenvalue weighted by Gasteiger charge is 2.28. The molecule has 0 radical (unpaired) electrons. The SMILES string of the molecule is C=C(Cl)CNC(=O)C1CSc2ccccc21. The molecule has 84 valence electrons. The molecule has 1 unspecified atom stereocenters. The van der Waals surface area contributed by atoms with Gasteiger partial charge in [-0.05, 0) is 11.6 Å². The summed E-state index contributed by atoms with van der Waals surface area (Å²) < 4.78 is 0. The number of fused-ring (bicyclic) bond motifs is 1. The summed E-state index contributed by atoms with van der Waals surface area (Å²) in [6, 6.07) is 8.01. The Labute approximate surface area is 104 Å². The van der Waals surface area contributed by atoms with Gasteiger partial charge in [-0.25, -0.2) is 0 Å². The van der Waals surface area contributed by atoms with Crippen LogP contribution in [0.4, 0.5) is 0 Å². The van der Waals surface area contributed by atoms with Gasteiger partial charge in [0.2, 0.25) is 5.91 Å². The maximum absolute atomic E-state index is 11.9. The van der Waals surface area contributed by atoms with E-state index >= 15 is 0 Å². The van der Waals surface area contributed by atoms with E-state index in [0.29, 0.717) is 11.6 Å². The predicted molar refractivity (Wildman–Crippen MR) is 67.9 cm³/mol. The van der Waals surface area contributed by atoms with Crippen molar-refractivity contribution in [1.29, 1.82) is 0 Å². The number of nitrogens with one attached hydrogen (secondary N) is 1. The summed E-state index contributed by atoms with van der Waals surface area (Å²) in [6.07, 6.45) is 0. The molecule has 0 saturated carbocycles. The summed E-state index contributed by atoms with van der Waals surface area (Å²) in [5, 5.41) is 3.23. The summed E-state index contributed by atoms with van der Waals surface area (Å²) >= 11 is 7.34. The number of halogens is 1. The highest BCUT2D eigenvalue weighted by atomic mass is 35.5. The normalized spacial score (nSPS) is 17.9. The van der Waals surface area contributed by atoms with Gasteiger partial charge < -0.3 is 5.32 Å². The maximum Gasteiger partial charge on any atom is 0.228 e. The molecule has 0 fully saturated rings. The second-order valence-electron chi connectivity index (χ2n) is 3.64. The number of carbonyl (C=O) groups excluding carboxylic acids is 1. The van der Waals surface area contributed by atoms with E-state index < -0.39 is 0 Å². The van der Waals surface area contributed by atoms with E-state index in [2.05, 4.69) is 11.9 Å². The van der Waals surface area contributed by atoms with Gasteiger partial charge in [-0.1, -0.05) is 36.4 Å². The molecule has 0 aliphatic carbocycles. The zero-order chi connectivity index (χ0) is 11.5. The molecular formula is C12H12ClNOS. The monoisotopic (exact) mass is 253 g/mol. The minimum Gasteiger partial charge on any atom is -0.351 e. The fourth-order valence-corrected chi connectivity index (χ4v) is 2.98. The van der Waals surface area contributed by atoms with Crippen LogP contribution >= 0.6 is 23.4 Å². The number of benzene rings is 1. The van der Waals surface area contributed by atoms with Crippen LogP contribution in [-0.2, 0) is 4.79 Å². The standard InChI is InChI=1S/C12H12ClNOS/c1-8(13)6-14-12(15)10-7-16-11-5-3-2-4-9(10)11/h2-5,10H,1,6-7H2,(H,14,15). The first-order chi connectivity index (χ1) is 7.68. The Morgan fingerprint density at radius 1 is 1.56 bits per heavy atom. The smallest absolute Gasteiger partial charge is 0.228 e. The Bertz CT molecular complexity index is 433. The Morgan fingerprint density at radius 3 is 3.06 bits per heavy atom. The van der Waals surface area contributed by atoms with Crippen molar-refractivity contribution in [1.82, 2.24) is 5.32 Å². The van der Waals surface area contributed by atoms with Crippen molar-refractivity contribution in [3.05, 3.63) is 41.4 Å². The molecule has 1 aliphatic heterocycles. The van der Waals surface area contributed by atoms with Crippen molar-refractivity contribution in [2.24, 2.45) is 0 Å². The molecule has 4 heteroatoms. The summed E-state index contributed by atoms with van der Waals surface area (Å²) in [4.78, 5) is 13.1. The average molecular weight is 254 g/mol. The van der Waals surface area contributed by atoms with Crippen molar-refractivity contribution in [2.45, 2.75) is 10.8 Å². The summed E-state index contributed by atoms with van der Waals surface area (Å²) in [7, 11) is 0. The first-order valence-electron chi connectivity index (χ1n) is 5.01. The van der Waals surface area contributed by atoms with E-state index in [9.17, 15) is 4.79 Å². The van der Waals surface area contributed by atoms with Gasteiger partial charge in [0.25, 0.3) is 0 Å². The van der Waals surface area contributed by atoms with E-state index in [1.807, 2.05) is 24.3 Å². The van der Waals surface area contributed by atoms with Crippen molar-refractivity contribution in [2.75, 3.05) is 12.3 Å². The van der Waals surface area contributed by atoms with Crippen LogP contribution in [0.2, 0.25) is 0 Å². The van der Waals surface area contributed by atoms with Crippen molar-refractivity contribution in [3.8, 4) is 0 Å². The molecule has 1 aliphatic rings. The van der Waals surface area contributed by atoms with Gasteiger partial charge in [-0.15, -0.1) is 11.8 Å². The van der Waals surface area contributed by atoms with E-state index in [4.69, 9.17) is 11.6 Å². The van der Waals surface area contributed by atoms with Crippen LogP contribution in [0.1, 0.15) is 11.5 Å². The lowest BCUT2D eigenvalue weighted by Gasteiger charge is -2.10. The average Bonchev–Trinajstić information content (AvgIpc) is 2.69. The van der Waals surface area contributed by atoms with Crippen molar-refractivity contribution >= 4 is 29.3 Å². The summed E-state index contributed by atoms with van der Waals surface area (Å²) in [6.45, 7) is 3.88. The Morgan fingerprint density at radius 2 is 2.31 bits per heavy atom. The molecule has 0 saturated heterocycles. The lowest BCUT2D eigenvalue weighted by Crippen LogP contribution is -2.30. The minimum absolute atomic E-state index is 0.0271. The van der Waals surface area contributed by atoms with Crippen LogP contribution in [-0.4, -0.2) is 18.2 Å². The molecule has 2 nitrogen and oxygen atoms in total. The Balaban J connectivity index is 2.07. The number of amides is 1. The van der Waals surface area contributed by atoms with Gasteiger partial charge in [-0.2, -0.15) is 0 Å². The number of thioether (sulfide) groups is 1. The van der Waals surface area contributed by atoms with Gasteiger partial charge in [0.15, 0.2) is 0 Å². The highest BCUT2D eigenvalue weighted by molar-refractivity contribution is 7.99. The van der Waals surface area contributed by atoms with Crippen molar-refractivity contribution < 1.29 is 4.79 Å². The first kappa shape index (κ1) is 11.6. The minimum atomic E-state index is -0.0581. The Hall–Kier alpha value is -0.930. The zero-order valence-corrected chi connectivity index (χ0v) is 10.3. The van der Waals surface area contributed by atoms with Gasteiger partial charge in [0, 0.05) is 15.7 Å². The van der Waals surface area contributed by atoms with Crippen LogP contribution in [0.5, 0.6) is 0 Å². The molecule has 0 bridgehead atoms. The zero-order valence-electron chi connectivity index (χ0n) is 8.70. The quantitative estimate of drug-likeness (QED) is 0.898. The van der Waals surface area contributed by atoms with Crippen LogP contribution < -0.4 is 5.32 Å². The van der Waals surface area contributed by atoms with Crippen LogP contribution in [0.3, 0.4) is 0 Å². The second kappa shape index (κ2) is 4.93. The van der Waals surface area contributed by atoms with E-state index in [-0.39, 0.29) is 11.8 Å². The van der Waals surface area contributed by atoms with E-state index in [0.717, 1.165) is 11.3 Å². The number of hydrogen-bond acceptors (Lipinski definition) is 2. The molecule has 1 aromatic rings. The molecule has 1 amide bonds. The molecule has 1 aromatic carbocycles.